The van der Waals surface area contributed by atoms with Gasteiger partial charge in [0.25, 0.3) is 0 Å². The highest BCUT2D eigenvalue weighted by Gasteiger charge is 2.18. The number of nitrogens with zero attached hydrogens (tertiary/aromatic N) is 1. The van der Waals surface area contributed by atoms with E-state index in [1.54, 1.807) is 6.92 Å². The number of para-hydroxylation sites is 1. The second kappa shape index (κ2) is 6.98. The molecule has 1 rings (SSSR count). The van der Waals surface area contributed by atoms with Crippen molar-refractivity contribution in [2.24, 2.45) is 5.92 Å². The highest BCUT2D eigenvalue weighted by Crippen LogP contribution is 2.27. The summed E-state index contributed by atoms with van der Waals surface area (Å²) < 4.78 is 0. The molecule has 0 aliphatic heterocycles. The van der Waals surface area contributed by atoms with Crippen molar-refractivity contribution in [3.63, 3.8) is 0 Å². The first-order chi connectivity index (χ1) is 8.97. The Balaban J connectivity index is 3.05. The monoisotopic (exact) mass is 261 g/mol. The molecule has 1 atom stereocenters. The van der Waals surface area contributed by atoms with Crippen LogP contribution in [0.3, 0.4) is 0 Å². The molecule has 0 amide bonds. The van der Waals surface area contributed by atoms with Gasteiger partial charge in [-0.15, -0.1) is 6.58 Å². The van der Waals surface area contributed by atoms with Crippen molar-refractivity contribution in [2.75, 3.05) is 18.0 Å². The van der Waals surface area contributed by atoms with Gasteiger partial charge in [0.15, 0.2) is 0 Å². The van der Waals surface area contributed by atoms with E-state index in [0.717, 1.165) is 5.69 Å². The van der Waals surface area contributed by atoms with Crippen LogP contribution in [0.4, 0.5) is 5.69 Å². The number of carboxylic acids is 1. The molecule has 19 heavy (non-hydrogen) atoms. The second-order valence-corrected chi connectivity index (χ2v) is 5.15. The van der Waals surface area contributed by atoms with Gasteiger partial charge in [-0.05, 0) is 17.5 Å². The van der Waals surface area contributed by atoms with E-state index in [4.69, 9.17) is 5.11 Å². The lowest BCUT2D eigenvalue weighted by atomic mass is 9.99. The van der Waals surface area contributed by atoms with Crippen molar-refractivity contribution in [2.45, 2.75) is 26.7 Å². The van der Waals surface area contributed by atoms with Gasteiger partial charge in [-0.3, -0.25) is 4.79 Å². The lowest BCUT2D eigenvalue weighted by Gasteiger charge is -2.28. The van der Waals surface area contributed by atoms with Gasteiger partial charge in [-0.2, -0.15) is 0 Å². The Bertz CT molecular complexity index is 440. The maximum Gasteiger partial charge on any atom is 0.308 e. The highest BCUT2D eigenvalue weighted by molar-refractivity contribution is 5.70. The van der Waals surface area contributed by atoms with Crippen molar-refractivity contribution >= 4 is 11.7 Å². The van der Waals surface area contributed by atoms with E-state index in [1.807, 2.05) is 24.3 Å². The first kappa shape index (κ1) is 15.3. The predicted molar refractivity (Wildman–Crippen MR) is 79.7 cm³/mol. The number of aliphatic carboxylic acids is 1. The fourth-order valence-electron chi connectivity index (χ4n) is 2.10. The number of carbonyl (C=O) groups is 1. The van der Waals surface area contributed by atoms with Crippen LogP contribution in [-0.4, -0.2) is 24.2 Å². The third-order valence-corrected chi connectivity index (χ3v) is 3.16. The van der Waals surface area contributed by atoms with Crippen LogP contribution < -0.4 is 4.90 Å². The van der Waals surface area contributed by atoms with E-state index < -0.39 is 11.9 Å². The smallest absolute Gasteiger partial charge is 0.308 e. The van der Waals surface area contributed by atoms with Crippen LogP contribution in [0.5, 0.6) is 0 Å². The molecule has 0 saturated heterocycles. The molecule has 0 spiro atoms. The third kappa shape index (κ3) is 4.12. The summed E-state index contributed by atoms with van der Waals surface area (Å²) in [6.45, 7) is 10.9. The van der Waals surface area contributed by atoms with Crippen LogP contribution in [-0.2, 0) is 4.79 Å². The lowest BCUT2D eigenvalue weighted by molar-refractivity contribution is -0.140. The molecule has 1 aromatic rings. The number of hydrogen-bond donors (Lipinski definition) is 1. The van der Waals surface area contributed by atoms with Gasteiger partial charge >= 0.3 is 5.97 Å². The van der Waals surface area contributed by atoms with Crippen molar-refractivity contribution in [3.05, 3.63) is 42.5 Å². The van der Waals surface area contributed by atoms with Crippen LogP contribution in [0.25, 0.3) is 0 Å². The van der Waals surface area contributed by atoms with E-state index in [-0.39, 0.29) is 0 Å². The molecule has 1 aromatic carbocycles. The number of anilines is 1. The summed E-state index contributed by atoms with van der Waals surface area (Å²) in [7, 11) is 0. The van der Waals surface area contributed by atoms with Crippen molar-refractivity contribution in [3.8, 4) is 0 Å². The molecule has 0 aliphatic rings. The van der Waals surface area contributed by atoms with E-state index >= 15 is 0 Å². The van der Waals surface area contributed by atoms with E-state index in [0.29, 0.717) is 19.0 Å². The Kier molecular flexibility index (Phi) is 5.61. The second-order valence-electron chi connectivity index (χ2n) is 5.15. The SMILES string of the molecule is C=CCN(CC(C)C(=O)O)c1ccccc1C(C)C. The molecular weight excluding hydrogens is 238 g/mol. The van der Waals surface area contributed by atoms with Gasteiger partial charge in [0.2, 0.25) is 0 Å². The molecule has 3 nitrogen and oxygen atoms in total. The van der Waals surface area contributed by atoms with Crippen LogP contribution in [0.2, 0.25) is 0 Å². The van der Waals surface area contributed by atoms with Crippen LogP contribution >= 0.6 is 0 Å². The van der Waals surface area contributed by atoms with E-state index in [9.17, 15) is 4.79 Å². The number of benzene rings is 1. The Morgan fingerprint density at radius 3 is 2.53 bits per heavy atom. The average molecular weight is 261 g/mol. The molecule has 1 unspecified atom stereocenters. The van der Waals surface area contributed by atoms with Crippen LogP contribution in [0, 0.1) is 5.92 Å². The fraction of sp³-hybridized carbons (Fsp3) is 0.438. The quantitative estimate of drug-likeness (QED) is 0.763. The fourth-order valence-corrected chi connectivity index (χ4v) is 2.10. The first-order valence-corrected chi connectivity index (χ1v) is 6.65. The summed E-state index contributed by atoms with van der Waals surface area (Å²) in [6.07, 6.45) is 1.81. The summed E-state index contributed by atoms with van der Waals surface area (Å²) >= 11 is 0. The summed E-state index contributed by atoms with van der Waals surface area (Å²) in [4.78, 5) is 13.1. The standard InChI is InChI=1S/C16H23NO2/c1-5-10-17(11-13(4)16(18)19)15-9-7-6-8-14(15)12(2)3/h5-9,12-13H,1,10-11H2,2-4H3,(H,18,19). The van der Waals surface area contributed by atoms with Gasteiger partial charge in [-0.1, -0.05) is 45.0 Å². The molecule has 0 bridgehead atoms. The summed E-state index contributed by atoms with van der Waals surface area (Å²) in [5, 5.41) is 9.07. The lowest BCUT2D eigenvalue weighted by Crippen LogP contribution is -2.32. The minimum Gasteiger partial charge on any atom is -0.481 e. The minimum absolute atomic E-state index is 0.403. The van der Waals surface area contributed by atoms with Crippen LogP contribution in [0.1, 0.15) is 32.3 Å². The molecule has 0 aromatic heterocycles. The van der Waals surface area contributed by atoms with Crippen molar-refractivity contribution < 1.29 is 9.90 Å². The summed E-state index contributed by atoms with van der Waals surface area (Å²) in [6, 6.07) is 8.16. The largest absolute Gasteiger partial charge is 0.481 e. The maximum atomic E-state index is 11.0. The van der Waals surface area contributed by atoms with Crippen molar-refractivity contribution in [1.29, 1.82) is 0 Å². The number of hydrogen-bond acceptors (Lipinski definition) is 2. The number of carboxylic acid groups (broad SMARTS) is 1. The van der Waals surface area contributed by atoms with Gasteiger partial charge in [0.05, 0.1) is 5.92 Å². The Morgan fingerprint density at radius 1 is 1.37 bits per heavy atom. The molecule has 0 fully saturated rings. The molecule has 1 N–H and O–H groups in total. The van der Waals surface area contributed by atoms with E-state index in [2.05, 4.69) is 31.4 Å². The minimum atomic E-state index is -0.768. The average Bonchev–Trinajstić information content (AvgIpc) is 2.37. The topological polar surface area (TPSA) is 40.5 Å². The van der Waals surface area contributed by atoms with Gasteiger partial charge < -0.3 is 10.0 Å². The van der Waals surface area contributed by atoms with Gasteiger partial charge in [0, 0.05) is 18.8 Å². The maximum absolute atomic E-state index is 11.0. The number of rotatable bonds is 7. The van der Waals surface area contributed by atoms with Crippen LogP contribution in [0.15, 0.2) is 36.9 Å². The zero-order valence-electron chi connectivity index (χ0n) is 12.0. The zero-order valence-corrected chi connectivity index (χ0v) is 12.0. The van der Waals surface area contributed by atoms with Gasteiger partial charge in [-0.25, -0.2) is 0 Å². The van der Waals surface area contributed by atoms with Crippen molar-refractivity contribution in [1.82, 2.24) is 0 Å². The third-order valence-electron chi connectivity index (χ3n) is 3.16. The predicted octanol–water partition coefficient (Wildman–Crippen LogP) is 3.52. The first-order valence-electron chi connectivity index (χ1n) is 6.65. The molecular formula is C16H23NO2. The Morgan fingerprint density at radius 2 is 2.00 bits per heavy atom. The zero-order chi connectivity index (χ0) is 14.4. The molecule has 0 aliphatic carbocycles. The Hall–Kier alpha value is -1.77. The molecule has 104 valence electrons. The molecule has 0 heterocycles. The molecule has 0 saturated carbocycles. The van der Waals surface area contributed by atoms with E-state index in [1.165, 1.54) is 5.56 Å². The normalized spacial score (nSPS) is 12.2. The molecule has 0 radical (unpaired) electrons. The Labute approximate surface area is 115 Å². The summed E-state index contributed by atoms with van der Waals surface area (Å²) in [5.74, 6) is -0.764. The molecule has 3 heteroatoms. The van der Waals surface area contributed by atoms with Gasteiger partial charge in [0.1, 0.15) is 0 Å². The highest BCUT2D eigenvalue weighted by atomic mass is 16.4. The summed E-state index contributed by atoms with van der Waals surface area (Å²) in [5.41, 5.74) is 2.34.